The molecule has 0 aliphatic heterocycles. The first-order valence-electron chi connectivity index (χ1n) is 9.11. The van der Waals surface area contributed by atoms with E-state index in [1.54, 1.807) is 0 Å². The van der Waals surface area contributed by atoms with E-state index in [2.05, 4.69) is 31.2 Å². The van der Waals surface area contributed by atoms with Gasteiger partial charge in [0.25, 0.3) is 0 Å². The number of aliphatic carboxylic acids is 1. The maximum atomic E-state index is 12.4. The minimum Gasteiger partial charge on any atom is -0.481 e. The van der Waals surface area contributed by atoms with Crippen LogP contribution in [0.1, 0.15) is 67.8 Å². The van der Waals surface area contributed by atoms with Crippen LogP contribution < -0.4 is 5.32 Å². The van der Waals surface area contributed by atoms with Crippen LogP contribution in [0, 0.1) is 13.8 Å². The number of carbonyl (C=O) groups excluding carboxylic acids is 1. The number of benzene rings is 1. The van der Waals surface area contributed by atoms with Gasteiger partial charge in [0.1, 0.15) is 5.76 Å². The number of carboxylic acids is 1. The number of amides is 1. The van der Waals surface area contributed by atoms with Crippen molar-refractivity contribution in [1.29, 1.82) is 0 Å². The Bertz CT molecular complexity index is 781. The zero-order valence-corrected chi connectivity index (χ0v) is 16.6. The predicted octanol–water partition coefficient (Wildman–Crippen LogP) is 3.85. The Morgan fingerprint density at radius 3 is 2.30 bits per heavy atom. The third-order valence-corrected chi connectivity index (χ3v) is 4.68. The molecule has 6 heteroatoms. The lowest BCUT2D eigenvalue weighted by Crippen LogP contribution is -2.30. The van der Waals surface area contributed by atoms with Gasteiger partial charge in [-0.05, 0) is 36.8 Å². The van der Waals surface area contributed by atoms with Crippen LogP contribution in [-0.4, -0.2) is 22.1 Å². The van der Waals surface area contributed by atoms with Gasteiger partial charge < -0.3 is 14.9 Å². The molecule has 0 aliphatic rings. The van der Waals surface area contributed by atoms with Gasteiger partial charge in [-0.25, -0.2) is 0 Å². The number of aromatic nitrogens is 1. The van der Waals surface area contributed by atoms with Crippen molar-refractivity contribution in [3.63, 3.8) is 0 Å². The second kappa shape index (κ2) is 8.37. The molecule has 0 fully saturated rings. The zero-order valence-electron chi connectivity index (χ0n) is 16.6. The number of hydrogen-bond acceptors (Lipinski definition) is 4. The molecule has 1 heterocycles. The van der Waals surface area contributed by atoms with Crippen molar-refractivity contribution < 1.29 is 19.2 Å². The summed E-state index contributed by atoms with van der Waals surface area (Å²) in [5.41, 5.74) is 3.66. The van der Waals surface area contributed by atoms with E-state index in [0.29, 0.717) is 12.2 Å². The Kier molecular flexibility index (Phi) is 6.41. The minimum atomic E-state index is -0.953. The van der Waals surface area contributed by atoms with Crippen molar-refractivity contribution in [3.8, 4) is 0 Å². The van der Waals surface area contributed by atoms with Crippen LogP contribution in [-0.2, 0) is 21.4 Å². The number of aryl methyl sites for hydroxylation is 2. The quantitative estimate of drug-likeness (QED) is 0.770. The Hall–Kier alpha value is -2.63. The fourth-order valence-corrected chi connectivity index (χ4v) is 3.01. The molecule has 0 spiro atoms. The molecule has 0 saturated heterocycles. The summed E-state index contributed by atoms with van der Waals surface area (Å²) in [5, 5.41) is 16.0. The van der Waals surface area contributed by atoms with E-state index in [-0.39, 0.29) is 24.2 Å². The summed E-state index contributed by atoms with van der Waals surface area (Å²) in [7, 11) is 0. The maximum Gasteiger partial charge on any atom is 0.305 e. The molecule has 1 aromatic heterocycles. The first kappa shape index (κ1) is 20.7. The molecule has 146 valence electrons. The first-order chi connectivity index (χ1) is 12.6. The lowest BCUT2D eigenvalue weighted by molar-refractivity contribution is -0.137. The summed E-state index contributed by atoms with van der Waals surface area (Å²) >= 11 is 0. The molecule has 2 rings (SSSR count). The largest absolute Gasteiger partial charge is 0.481 e. The van der Waals surface area contributed by atoms with E-state index in [1.807, 2.05) is 38.1 Å². The van der Waals surface area contributed by atoms with Crippen LogP contribution >= 0.6 is 0 Å². The lowest BCUT2D eigenvalue weighted by atomic mass is 9.86. The molecule has 6 nitrogen and oxygen atoms in total. The second-order valence-electron chi connectivity index (χ2n) is 7.89. The van der Waals surface area contributed by atoms with Gasteiger partial charge in [-0.2, -0.15) is 0 Å². The molecule has 2 aromatic rings. The molecule has 0 radical (unpaired) electrons. The monoisotopic (exact) mass is 372 g/mol. The average Bonchev–Trinajstić information content (AvgIpc) is 2.89. The minimum absolute atomic E-state index is 0.0123. The van der Waals surface area contributed by atoms with Crippen molar-refractivity contribution in [2.24, 2.45) is 0 Å². The van der Waals surface area contributed by atoms with Gasteiger partial charge in [-0.3, -0.25) is 9.59 Å². The van der Waals surface area contributed by atoms with E-state index >= 15 is 0 Å². The highest BCUT2D eigenvalue weighted by Crippen LogP contribution is 2.25. The topological polar surface area (TPSA) is 92.4 Å². The highest BCUT2D eigenvalue weighted by atomic mass is 16.5. The summed E-state index contributed by atoms with van der Waals surface area (Å²) < 4.78 is 5.11. The Labute approximate surface area is 160 Å². The number of nitrogens with zero attached hydrogens (tertiary/aromatic N) is 1. The van der Waals surface area contributed by atoms with Gasteiger partial charge >= 0.3 is 5.97 Å². The molecule has 2 N–H and O–H groups in total. The molecular formula is C21H28N2O4. The molecule has 0 bridgehead atoms. The molecule has 1 aromatic carbocycles. The normalized spacial score (nSPS) is 12.6. The average molecular weight is 372 g/mol. The van der Waals surface area contributed by atoms with E-state index in [1.165, 1.54) is 0 Å². The van der Waals surface area contributed by atoms with Crippen molar-refractivity contribution in [2.75, 3.05) is 0 Å². The highest BCUT2D eigenvalue weighted by Gasteiger charge is 2.20. The lowest BCUT2D eigenvalue weighted by Gasteiger charge is -2.22. The van der Waals surface area contributed by atoms with Crippen LogP contribution in [0.3, 0.4) is 0 Å². The van der Waals surface area contributed by atoms with Crippen LogP contribution in [0.4, 0.5) is 0 Å². The Morgan fingerprint density at radius 2 is 1.81 bits per heavy atom. The second-order valence-corrected chi connectivity index (χ2v) is 7.89. The standard InChI is InChI=1S/C21H28N2O4/c1-13-17(14(2)27-23-13)10-11-19(24)22-18(12-20(25)26)15-6-8-16(9-7-15)21(3,4)5/h6-9,18H,10-12H2,1-5H3,(H,22,24)(H,25,26). The van der Waals surface area contributed by atoms with E-state index < -0.39 is 12.0 Å². The van der Waals surface area contributed by atoms with Crippen molar-refractivity contribution in [3.05, 3.63) is 52.4 Å². The predicted molar refractivity (Wildman–Crippen MR) is 103 cm³/mol. The van der Waals surface area contributed by atoms with Crippen molar-refractivity contribution >= 4 is 11.9 Å². The van der Waals surface area contributed by atoms with E-state index in [0.717, 1.165) is 22.4 Å². The third-order valence-electron chi connectivity index (χ3n) is 4.68. The number of rotatable bonds is 7. The molecule has 0 saturated carbocycles. The maximum absolute atomic E-state index is 12.4. The van der Waals surface area contributed by atoms with Crippen LogP contribution in [0.15, 0.2) is 28.8 Å². The summed E-state index contributed by atoms with van der Waals surface area (Å²) in [4.78, 5) is 23.6. The Balaban J connectivity index is 2.07. The van der Waals surface area contributed by atoms with Gasteiger partial charge in [-0.1, -0.05) is 50.2 Å². The summed E-state index contributed by atoms with van der Waals surface area (Å²) in [5.74, 6) is -0.438. The van der Waals surface area contributed by atoms with Crippen LogP contribution in [0.25, 0.3) is 0 Å². The summed E-state index contributed by atoms with van der Waals surface area (Å²) in [6.45, 7) is 10.0. The third kappa shape index (κ3) is 5.67. The fraction of sp³-hybridized carbons (Fsp3) is 0.476. The van der Waals surface area contributed by atoms with Gasteiger partial charge in [0.2, 0.25) is 5.91 Å². The van der Waals surface area contributed by atoms with Gasteiger partial charge in [0.15, 0.2) is 0 Å². The number of nitrogens with one attached hydrogen (secondary N) is 1. The number of carboxylic acid groups (broad SMARTS) is 1. The van der Waals surface area contributed by atoms with Crippen molar-refractivity contribution in [1.82, 2.24) is 10.5 Å². The smallest absolute Gasteiger partial charge is 0.305 e. The van der Waals surface area contributed by atoms with E-state index in [4.69, 9.17) is 4.52 Å². The van der Waals surface area contributed by atoms with Crippen LogP contribution in [0.2, 0.25) is 0 Å². The molecule has 1 atom stereocenters. The van der Waals surface area contributed by atoms with Gasteiger partial charge in [0, 0.05) is 12.0 Å². The molecule has 0 aliphatic carbocycles. The SMILES string of the molecule is Cc1noc(C)c1CCC(=O)NC(CC(=O)O)c1ccc(C(C)(C)C)cc1. The highest BCUT2D eigenvalue weighted by molar-refractivity contribution is 5.78. The number of hydrogen-bond donors (Lipinski definition) is 2. The summed E-state index contributed by atoms with van der Waals surface area (Å²) in [6.07, 6.45) is 0.598. The fourth-order valence-electron chi connectivity index (χ4n) is 3.01. The van der Waals surface area contributed by atoms with Gasteiger partial charge in [-0.15, -0.1) is 0 Å². The number of carbonyl (C=O) groups is 2. The first-order valence-corrected chi connectivity index (χ1v) is 9.11. The molecule has 1 unspecified atom stereocenters. The zero-order chi connectivity index (χ0) is 20.2. The molecule has 27 heavy (non-hydrogen) atoms. The Morgan fingerprint density at radius 1 is 1.19 bits per heavy atom. The van der Waals surface area contributed by atoms with Gasteiger partial charge in [0.05, 0.1) is 18.2 Å². The molecular weight excluding hydrogens is 344 g/mol. The molecule has 1 amide bonds. The summed E-state index contributed by atoms with van der Waals surface area (Å²) in [6, 6.07) is 7.19. The van der Waals surface area contributed by atoms with Crippen LogP contribution in [0.5, 0.6) is 0 Å². The van der Waals surface area contributed by atoms with Crippen molar-refractivity contribution in [2.45, 2.75) is 65.3 Å². The van der Waals surface area contributed by atoms with E-state index in [9.17, 15) is 14.7 Å².